The van der Waals surface area contributed by atoms with Crippen molar-refractivity contribution in [3.63, 3.8) is 0 Å². The topological polar surface area (TPSA) is 69.3 Å². The van der Waals surface area contributed by atoms with E-state index in [9.17, 15) is 4.79 Å². The largest absolute Gasteiger partial charge is 0.378 e. The van der Waals surface area contributed by atoms with Gasteiger partial charge in [0.2, 0.25) is 5.91 Å². The molecule has 5 nitrogen and oxygen atoms in total. The van der Waals surface area contributed by atoms with Crippen LogP contribution in [-0.2, 0) is 16.1 Å². The molecule has 1 aromatic carbocycles. The summed E-state index contributed by atoms with van der Waals surface area (Å²) >= 11 is 0. The molecule has 2 aromatic rings. The molecule has 136 valence electrons. The lowest BCUT2D eigenvalue weighted by Gasteiger charge is -2.57. The van der Waals surface area contributed by atoms with Gasteiger partial charge in [-0.25, -0.2) is 0 Å². The summed E-state index contributed by atoms with van der Waals surface area (Å²) < 4.78 is 7.94. The highest BCUT2D eigenvalue weighted by Crippen LogP contribution is 2.50. The smallest absolute Gasteiger partial charge is 0.245 e. The SMILES string of the molecule is CCCn1ccc2cc(NC(=O)C3(N)CC(OCC)C3(C)C)ccc21. The van der Waals surface area contributed by atoms with Crippen LogP contribution >= 0.6 is 0 Å². The summed E-state index contributed by atoms with van der Waals surface area (Å²) in [5.41, 5.74) is 7.13. The molecule has 2 atom stereocenters. The molecule has 5 heteroatoms. The Labute approximate surface area is 149 Å². The Bertz CT molecular complexity index is 780. The fourth-order valence-electron chi connectivity index (χ4n) is 3.78. The van der Waals surface area contributed by atoms with E-state index in [1.54, 1.807) is 0 Å². The first kappa shape index (κ1) is 18.0. The molecule has 1 aliphatic carbocycles. The Balaban J connectivity index is 1.76. The van der Waals surface area contributed by atoms with E-state index in [-0.39, 0.29) is 17.4 Å². The molecule has 1 fully saturated rings. The van der Waals surface area contributed by atoms with Gasteiger partial charge in [0.1, 0.15) is 5.54 Å². The van der Waals surface area contributed by atoms with E-state index in [1.165, 1.54) is 5.52 Å². The number of nitrogens with one attached hydrogen (secondary N) is 1. The van der Waals surface area contributed by atoms with Crippen molar-refractivity contribution >= 4 is 22.5 Å². The molecule has 0 saturated heterocycles. The van der Waals surface area contributed by atoms with Crippen molar-refractivity contribution < 1.29 is 9.53 Å². The summed E-state index contributed by atoms with van der Waals surface area (Å²) in [6.45, 7) is 9.77. The minimum Gasteiger partial charge on any atom is -0.378 e. The molecular weight excluding hydrogens is 314 g/mol. The number of benzene rings is 1. The average molecular weight is 343 g/mol. The van der Waals surface area contributed by atoms with Crippen LogP contribution in [0.25, 0.3) is 10.9 Å². The predicted molar refractivity (Wildman–Crippen MR) is 102 cm³/mol. The molecule has 0 spiro atoms. The minimum atomic E-state index is -0.907. The molecule has 1 aliphatic rings. The van der Waals surface area contributed by atoms with Crippen LogP contribution in [0.1, 0.15) is 40.5 Å². The van der Waals surface area contributed by atoms with Crippen molar-refractivity contribution in [3.8, 4) is 0 Å². The van der Waals surface area contributed by atoms with Crippen molar-refractivity contribution in [1.82, 2.24) is 4.57 Å². The summed E-state index contributed by atoms with van der Waals surface area (Å²) in [6.07, 6.45) is 3.76. The van der Waals surface area contributed by atoms with E-state index < -0.39 is 5.54 Å². The summed E-state index contributed by atoms with van der Waals surface area (Å²) in [5.74, 6) is -0.138. The van der Waals surface area contributed by atoms with Crippen LogP contribution in [0.15, 0.2) is 30.5 Å². The molecule has 0 bridgehead atoms. The molecule has 1 saturated carbocycles. The van der Waals surface area contributed by atoms with E-state index in [0.29, 0.717) is 13.0 Å². The number of amides is 1. The van der Waals surface area contributed by atoms with Gasteiger partial charge in [0.25, 0.3) is 0 Å². The maximum atomic E-state index is 12.8. The van der Waals surface area contributed by atoms with Gasteiger partial charge in [-0.3, -0.25) is 4.79 Å². The fourth-order valence-corrected chi connectivity index (χ4v) is 3.78. The number of nitrogens with two attached hydrogens (primary N) is 1. The normalized spacial score (nSPS) is 24.9. The number of ether oxygens (including phenoxy) is 1. The Morgan fingerprint density at radius 2 is 2.12 bits per heavy atom. The summed E-state index contributed by atoms with van der Waals surface area (Å²) in [6, 6.07) is 8.09. The average Bonchev–Trinajstić information content (AvgIpc) is 2.97. The lowest BCUT2D eigenvalue weighted by atomic mass is 9.54. The third-order valence-electron chi connectivity index (χ3n) is 5.73. The first-order valence-electron chi connectivity index (χ1n) is 9.14. The van der Waals surface area contributed by atoms with Crippen LogP contribution in [0.4, 0.5) is 5.69 Å². The number of aromatic nitrogens is 1. The molecule has 3 N–H and O–H groups in total. The van der Waals surface area contributed by atoms with Crippen LogP contribution in [0.2, 0.25) is 0 Å². The summed E-state index contributed by atoms with van der Waals surface area (Å²) in [7, 11) is 0. The lowest BCUT2D eigenvalue weighted by Crippen LogP contribution is -2.74. The number of nitrogens with zero attached hydrogens (tertiary/aromatic N) is 1. The van der Waals surface area contributed by atoms with Crippen LogP contribution < -0.4 is 11.1 Å². The molecule has 3 rings (SSSR count). The van der Waals surface area contributed by atoms with Crippen LogP contribution in [0.3, 0.4) is 0 Å². The highest BCUT2D eigenvalue weighted by Gasteiger charge is 2.62. The third-order valence-corrected chi connectivity index (χ3v) is 5.73. The van der Waals surface area contributed by atoms with Gasteiger partial charge >= 0.3 is 0 Å². The fraction of sp³-hybridized carbons (Fsp3) is 0.550. The van der Waals surface area contributed by atoms with Crippen LogP contribution in [0.5, 0.6) is 0 Å². The van der Waals surface area contributed by atoms with E-state index in [0.717, 1.165) is 24.0 Å². The molecule has 0 radical (unpaired) electrons. The zero-order valence-corrected chi connectivity index (χ0v) is 15.6. The summed E-state index contributed by atoms with van der Waals surface area (Å²) in [4.78, 5) is 12.8. The van der Waals surface area contributed by atoms with E-state index in [2.05, 4.69) is 35.1 Å². The van der Waals surface area contributed by atoms with Crippen molar-refractivity contribution in [1.29, 1.82) is 0 Å². The highest BCUT2D eigenvalue weighted by atomic mass is 16.5. The van der Waals surface area contributed by atoms with Gasteiger partial charge in [-0.15, -0.1) is 0 Å². The number of aryl methyl sites for hydroxylation is 1. The highest BCUT2D eigenvalue weighted by molar-refractivity contribution is 6.01. The Morgan fingerprint density at radius 3 is 2.76 bits per heavy atom. The first-order valence-corrected chi connectivity index (χ1v) is 9.14. The van der Waals surface area contributed by atoms with E-state index in [4.69, 9.17) is 10.5 Å². The van der Waals surface area contributed by atoms with E-state index in [1.807, 2.05) is 32.9 Å². The minimum absolute atomic E-state index is 0.0267. The predicted octanol–water partition coefficient (Wildman–Crippen LogP) is 3.52. The molecule has 25 heavy (non-hydrogen) atoms. The number of anilines is 1. The van der Waals surface area contributed by atoms with Crippen molar-refractivity contribution in [2.45, 2.75) is 58.7 Å². The van der Waals surface area contributed by atoms with Crippen molar-refractivity contribution in [2.24, 2.45) is 11.1 Å². The number of carbonyl (C=O) groups excluding carboxylic acids is 1. The second kappa shape index (κ2) is 6.46. The zero-order chi connectivity index (χ0) is 18.2. The maximum Gasteiger partial charge on any atom is 0.245 e. The van der Waals surface area contributed by atoms with Gasteiger partial charge < -0.3 is 20.4 Å². The second-order valence-electron chi connectivity index (χ2n) is 7.58. The van der Waals surface area contributed by atoms with Gasteiger partial charge in [-0.2, -0.15) is 0 Å². The number of fused-ring (bicyclic) bond motifs is 1. The van der Waals surface area contributed by atoms with Crippen molar-refractivity contribution in [2.75, 3.05) is 11.9 Å². The molecule has 1 aromatic heterocycles. The number of hydrogen-bond donors (Lipinski definition) is 2. The molecule has 2 unspecified atom stereocenters. The first-order chi connectivity index (χ1) is 11.8. The van der Waals surface area contributed by atoms with Gasteiger partial charge in [0.15, 0.2) is 0 Å². The molecule has 0 aliphatic heterocycles. The second-order valence-corrected chi connectivity index (χ2v) is 7.58. The van der Waals surface area contributed by atoms with Crippen LogP contribution in [-0.4, -0.2) is 28.7 Å². The lowest BCUT2D eigenvalue weighted by molar-refractivity contribution is -0.166. The molecule has 1 heterocycles. The number of carbonyl (C=O) groups is 1. The van der Waals surface area contributed by atoms with Crippen LogP contribution in [0, 0.1) is 5.41 Å². The standard InChI is InChI=1S/C20H29N3O2/c1-5-10-23-11-9-14-12-15(7-8-16(14)23)22-18(24)20(21)13-17(25-6-2)19(20,3)4/h7-9,11-12,17H,5-6,10,13,21H2,1-4H3,(H,22,24). The maximum absolute atomic E-state index is 12.8. The molecule has 1 amide bonds. The number of hydrogen-bond acceptors (Lipinski definition) is 3. The molecular formula is C20H29N3O2. The van der Waals surface area contributed by atoms with Gasteiger partial charge in [-0.05, 0) is 37.6 Å². The number of rotatable bonds is 6. The Kier molecular flexibility index (Phi) is 4.64. The monoisotopic (exact) mass is 343 g/mol. The Morgan fingerprint density at radius 1 is 1.36 bits per heavy atom. The third kappa shape index (κ3) is 2.85. The van der Waals surface area contributed by atoms with Crippen molar-refractivity contribution in [3.05, 3.63) is 30.5 Å². The zero-order valence-electron chi connectivity index (χ0n) is 15.6. The quantitative estimate of drug-likeness (QED) is 0.843. The van der Waals surface area contributed by atoms with E-state index >= 15 is 0 Å². The van der Waals surface area contributed by atoms with Gasteiger partial charge in [0, 0.05) is 47.8 Å². The van der Waals surface area contributed by atoms with Gasteiger partial charge in [0.05, 0.1) is 6.10 Å². The van der Waals surface area contributed by atoms with Gasteiger partial charge in [-0.1, -0.05) is 20.8 Å². The summed E-state index contributed by atoms with van der Waals surface area (Å²) in [5, 5.41) is 4.13. The Hall–Kier alpha value is -1.85.